The zero-order chi connectivity index (χ0) is 27.0. The summed E-state index contributed by atoms with van der Waals surface area (Å²) in [6.07, 6.45) is -2.51. The predicted octanol–water partition coefficient (Wildman–Crippen LogP) is 6.10. The van der Waals surface area contributed by atoms with Gasteiger partial charge < -0.3 is 19.5 Å². The maximum atomic E-state index is 13.5. The molecule has 1 atom stereocenters. The van der Waals surface area contributed by atoms with Crippen molar-refractivity contribution in [2.24, 2.45) is 5.92 Å². The number of aliphatic hydroxyl groups is 1. The summed E-state index contributed by atoms with van der Waals surface area (Å²) in [5.41, 5.74) is 2.00. The molecule has 1 amide bonds. The van der Waals surface area contributed by atoms with Gasteiger partial charge in [-0.3, -0.25) is 4.79 Å². The van der Waals surface area contributed by atoms with Gasteiger partial charge in [0, 0.05) is 13.3 Å². The van der Waals surface area contributed by atoms with Gasteiger partial charge in [-0.25, -0.2) is 4.39 Å². The van der Waals surface area contributed by atoms with E-state index in [0.29, 0.717) is 31.2 Å². The maximum absolute atomic E-state index is 13.5. The molecule has 5 nitrogen and oxygen atoms in total. The van der Waals surface area contributed by atoms with Crippen LogP contribution >= 0.6 is 6.49 Å². The Kier molecular flexibility index (Phi) is 7.87. The van der Waals surface area contributed by atoms with Crippen molar-refractivity contribution in [1.82, 2.24) is 5.32 Å². The van der Waals surface area contributed by atoms with Crippen LogP contribution in [0.15, 0.2) is 48.2 Å². The van der Waals surface area contributed by atoms with E-state index in [1.807, 2.05) is 19.1 Å². The van der Waals surface area contributed by atoms with Crippen LogP contribution in [-0.4, -0.2) is 42.6 Å². The van der Waals surface area contributed by atoms with Crippen molar-refractivity contribution in [3.63, 3.8) is 0 Å². The molecule has 2 aromatic carbocycles. The zero-order valence-corrected chi connectivity index (χ0v) is 22.1. The van der Waals surface area contributed by atoms with Gasteiger partial charge in [0.25, 0.3) is 5.91 Å². The Morgan fingerprint density at radius 3 is 2.35 bits per heavy atom. The molecule has 11 heteroatoms. The third kappa shape index (κ3) is 6.25. The molecule has 1 unspecified atom stereocenters. The molecule has 1 aliphatic carbocycles. The first-order valence-electron chi connectivity index (χ1n) is 11.9. The number of alkyl halides is 3. The fraction of sp³-hybridized carbons (Fsp3) is 0.423. The van der Waals surface area contributed by atoms with Gasteiger partial charge in [-0.1, -0.05) is 24.3 Å². The lowest BCUT2D eigenvalue weighted by Crippen LogP contribution is -2.48. The molecule has 200 valence electrons. The molecule has 0 radical (unpaired) electrons. The molecule has 1 aliphatic heterocycles. The van der Waals surface area contributed by atoms with Crippen molar-refractivity contribution < 1.29 is 36.5 Å². The Bertz CT molecular complexity index is 1250. The highest BCUT2D eigenvalue weighted by Gasteiger charge is 2.50. The lowest BCUT2D eigenvalue weighted by atomic mass is 9.76. The number of carbonyl (C=O) groups is 1. The lowest BCUT2D eigenvalue weighted by molar-refractivity contribution is -0.153. The molecule has 1 heterocycles. The molecule has 1 spiro atoms. The first kappa shape index (κ1) is 27.8. The smallest absolute Gasteiger partial charge is 0.412 e. The second-order valence-corrected chi connectivity index (χ2v) is 13.6. The van der Waals surface area contributed by atoms with Gasteiger partial charge in [0.05, 0.1) is 11.1 Å². The number of hydrogen-bond acceptors (Lipinski definition) is 5. The molecule has 4 rings (SSSR count). The number of aliphatic hydroxyl groups excluding tert-OH is 1. The Balaban J connectivity index is 1.81. The molecular weight excluding hydrogens is 529 g/mol. The van der Waals surface area contributed by atoms with Crippen LogP contribution in [0.2, 0.25) is 0 Å². The van der Waals surface area contributed by atoms with Gasteiger partial charge in [-0.15, -0.1) is 0 Å². The summed E-state index contributed by atoms with van der Waals surface area (Å²) in [5, 5.41) is 12.6. The second kappa shape index (κ2) is 10.5. The molecule has 2 N–H and O–H groups in total. The SMILES string of the molecule is Cc1ccc(-c2ccc(F)cc2)cc1C1=C(OP(C)(=S)OCC(F)(F)F)C2(CCC(CO)CC2)NC1=O. The van der Waals surface area contributed by atoms with Gasteiger partial charge in [0.1, 0.15) is 11.6 Å². The molecule has 2 aromatic rings. The Morgan fingerprint density at radius 2 is 1.76 bits per heavy atom. The summed E-state index contributed by atoms with van der Waals surface area (Å²) >= 11 is 5.35. The van der Waals surface area contributed by atoms with Crippen molar-refractivity contribution in [3.8, 4) is 11.1 Å². The normalized spacial score (nSPS) is 23.8. The number of nitrogens with one attached hydrogen (secondary N) is 1. The van der Waals surface area contributed by atoms with E-state index in [-0.39, 0.29) is 29.7 Å². The van der Waals surface area contributed by atoms with Crippen LogP contribution in [0.25, 0.3) is 16.7 Å². The van der Waals surface area contributed by atoms with Crippen molar-refractivity contribution in [1.29, 1.82) is 0 Å². The van der Waals surface area contributed by atoms with E-state index in [1.54, 1.807) is 18.2 Å². The third-order valence-electron chi connectivity index (χ3n) is 6.86. The van der Waals surface area contributed by atoms with Crippen LogP contribution in [0.5, 0.6) is 0 Å². The van der Waals surface area contributed by atoms with E-state index in [2.05, 4.69) is 5.32 Å². The summed E-state index contributed by atoms with van der Waals surface area (Å²) in [7, 11) is 0. The summed E-state index contributed by atoms with van der Waals surface area (Å²) in [6.45, 7) is -1.87. The monoisotopic (exact) mass is 557 g/mol. The summed E-state index contributed by atoms with van der Waals surface area (Å²) in [6, 6.07) is 11.4. The predicted molar refractivity (Wildman–Crippen MR) is 137 cm³/mol. The van der Waals surface area contributed by atoms with Crippen molar-refractivity contribution in [2.75, 3.05) is 19.9 Å². The van der Waals surface area contributed by atoms with Crippen molar-refractivity contribution in [2.45, 2.75) is 44.3 Å². The van der Waals surface area contributed by atoms with E-state index in [4.69, 9.17) is 20.9 Å². The van der Waals surface area contributed by atoms with Gasteiger partial charge in [-0.05, 0) is 90.8 Å². The molecule has 0 bridgehead atoms. The van der Waals surface area contributed by atoms with Crippen LogP contribution in [0, 0.1) is 18.7 Å². The van der Waals surface area contributed by atoms with E-state index < -0.39 is 30.7 Å². The maximum Gasteiger partial charge on any atom is 0.412 e. The number of aryl methyl sites for hydroxylation is 1. The lowest BCUT2D eigenvalue weighted by Gasteiger charge is -2.39. The fourth-order valence-electron chi connectivity index (χ4n) is 4.86. The van der Waals surface area contributed by atoms with Crippen molar-refractivity contribution >= 4 is 29.8 Å². The minimum absolute atomic E-state index is 0.00998. The van der Waals surface area contributed by atoms with Crippen LogP contribution in [0.3, 0.4) is 0 Å². The Labute approximate surface area is 218 Å². The quantitative estimate of drug-likeness (QED) is 0.318. The average molecular weight is 558 g/mol. The van der Waals surface area contributed by atoms with E-state index in [0.717, 1.165) is 16.7 Å². The first-order valence-corrected chi connectivity index (χ1v) is 14.9. The number of rotatable bonds is 7. The number of halogens is 4. The van der Waals surface area contributed by atoms with Crippen LogP contribution in [0.4, 0.5) is 17.6 Å². The van der Waals surface area contributed by atoms with Crippen LogP contribution in [0.1, 0.15) is 36.8 Å². The minimum atomic E-state index is -4.58. The molecule has 37 heavy (non-hydrogen) atoms. The first-order chi connectivity index (χ1) is 17.3. The highest BCUT2D eigenvalue weighted by molar-refractivity contribution is 8.09. The van der Waals surface area contributed by atoms with E-state index >= 15 is 0 Å². The standard InChI is InChI=1S/C26H28F4NO4PS/c1-16-3-4-19(18-5-7-20(27)8-6-18)13-21(16)22-23(35-36(2,37)34-15-26(28,29)30)25(31-24(22)33)11-9-17(14-32)10-12-25/h3-8,13,17,32H,9-12,14-15H2,1-2H3,(H,31,33). The van der Waals surface area contributed by atoms with Crippen molar-refractivity contribution in [3.05, 3.63) is 65.2 Å². The minimum Gasteiger partial charge on any atom is -0.445 e. The number of hydrogen-bond donors (Lipinski definition) is 2. The summed E-state index contributed by atoms with van der Waals surface area (Å²) in [5.74, 6) is -0.538. The van der Waals surface area contributed by atoms with Gasteiger partial charge in [0.15, 0.2) is 6.61 Å². The van der Waals surface area contributed by atoms with Crippen LogP contribution < -0.4 is 5.32 Å². The highest BCUT2D eigenvalue weighted by Crippen LogP contribution is 2.55. The van der Waals surface area contributed by atoms with E-state index in [1.165, 1.54) is 18.8 Å². The Morgan fingerprint density at radius 1 is 1.14 bits per heavy atom. The van der Waals surface area contributed by atoms with Gasteiger partial charge >= 0.3 is 6.18 Å². The number of benzene rings is 2. The van der Waals surface area contributed by atoms with Gasteiger partial charge in [0.2, 0.25) is 6.49 Å². The van der Waals surface area contributed by atoms with Crippen LogP contribution in [-0.2, 0) is 25.6 Å². The average Bonchev–Trinajstić information content (AvgIpc) is 3.08. The topological polar surface area (TPSA) is 67.8 Å². The number of carbonyl (C=O) groups excluding carboxylic acids is 1. The molecule has 1 fully saturated rings. The van der Waals surface area contributed by atoms with E-state index in [9.17, 15) is 27.5 Å². The fourth-order valence-corrected chi connectivity index (χ4v) is 6.27. The molecule has 2 aliphatic rings. The molecule has 0 aromatic heterocycles. The second-order valence-electron chi connectivity index (χ2n) is 9.65. The molecular formula is C26H28F4NO4PS. The molecule has 1 saturated carbocycles. The highest BCUT2D eigenvalue weighted by atomic mass is 32.5. The third-order valence-corrected chi connectivity index (χ3v) is 8.51. The molecule has 0 saturated heterocycles. The summed E-state index contributed by atoms with van der Waals surface area (Å²) in [4.78, 5) is 13.5. The largest absolute Gasteiger partial charge is 0.445 e. The summed E-state index contributed by atoms with van der Waals surface area (Å²) < 4.78 is 63.2. The Hall–Kier alpha value is -2.26. The van der Waals surface area contributed by atoms with Gasteiger partial charge in [-0.2, -0.15) is 13.2 Å². The zero-order valence-electron chi connectivity index (χ0n) is 20.4. The number of amides is 1.